The van der Waals surface area contributed by atoms with E-state index in [2.05, 4.69) is 29.4 Å². The maximum absolute atomic E-state index is 4.01. The zero-order chi connectivity index (χ0) is 9.68. The van der Waals surface area contributed by atoms with E-state index in [0.29, 0.717) is 6.04 Å². The van der Waals surface area contributed by atoms with Gasteiger partial charge >= 0.3 is 0 Å². The summed E-state index contributed by atoms with van der Waals surface area (Å²) >= 11 is 3.54. The van der Waals surface area contributed by atoms with E-state index >= 15 is 0 Å². The molecule has 1 aromatic rings. The highest BCUT2D eigenvalue weighted by molar-refractivity contribution is 7.99. The highest BCUT2D eigenvalue weighted by Crippen LogP contribution is 2.15. The van der Waals surface area contributed by atoms with Gasteiger partial charge in [-0.15, -0.1) is 10.2 Å². The molecule has 1 aromatic heterocycles. The molecule has 0 radical (unpaired) electrons. The summed E-state index contributed by atoms with van der Waals surface area (Å²) in [5.74, 6) is 2.29. The Morgan fingerprint density at radius 3 is 2.85 bits per heavy atom. The molecule has 0 aliphatic carbocycles. The van der Waals surface area contributed by atoms with Crippen molar-refractivity contribution in [3.05, 3.63) is 5.01 Å². The number of aromatic nitrogens is 2. The van der Waals surface area contributed by atoms with Gasteiger partial charge in [0.15, 0.2) is 0 Å². The molecule has 0 amide bonds. The van der Waals surface area contributed by atoms with E-state index in [-0.39, 0.29) is 0 Å². The summed E-state index contributed by atoms with van der Waals surface area (Å²) in [7, 11) is 0. The van der Waals surface area contributed by atoms with Crippen molar-refractivity contribution < 1.29 is 0 Å². The van der Waals surface area contributed by atoms with Crippen molar-refractivity contribution >= 4 is 28.2 Å². The molecule has 0 fully saturated rings. The van der Waals surface area contributed by atoms with E-state index < -0.39 is 0 Å². The van der Waals surface area contributed by atoms with E-state index in [9.17, 15) is 0 Å². The maximum atomic E-state index is 4.01. The number of aryl methyl sites for hydroxylation is 1. The Kier molecular flexibility index (Phi) is 4.52. The van der Waals surface area contributed by atoms with Crippen molar-refractivity contribution in [1.82, 2.24) is 10.2 Å². The topological polar surface area (TPSA) is 37.8 Å². The molecule has 5 heteroatoms. The second-order valence-electron chi connectivity index (χ2n) is 2.83. The maximum Gasteiger partial charge on any atom is 0.205 e. The standard InChI is InChI=1S/C8H15N3S2/c1-4-12-5-6(2)9-8-11-10-7(3)13-8/h6H,4-5H2,1-3H3,(H,9,11). The summed E-state index contributed by atoms with van der Waals surface area (Å²) < 4.78 is 0. The third kappa shape index (κ3) is 3.95. The highest BCUT2D eigenvalue weighted by Gasteiger charge is 2.04. The van der Waals surface area contributed by atoms with Crippen LogP contribution in [0.15, 0.2) is 0 Å². The molecule has 0 spiro atoms. The fourth-order valence-corrected chi connectivity index (χ4v) is 2.28. The van der Waals surface area contributed by atoms with Crippen LogP contribution in [0.25, 0.3) is 0 Å². The molecule has 0 aliphatic heterocycles. The van der Waals surface area contributed by atoms with Crippen LogP contribution in [-0.4, -0.2) is 27.7 Å². The molecular formula is C8H15N3S2. The van der Waals surface area contributed by atoms with E-state index in [1.165, 1.54) is 5.75 Å². The molecule has 74 valence electrons. The van der Waals surface area contributed by atoms with Crippen LogP contribution in [0.4, 0.5) is 5.13 Å². The average Bonchev–Trinajstić information content (AvgIpc) is 2.48. The SMILES string of the molecule is CCSCC(C)Nc1nnc(C)s1. The van der Waals surface area contributed by atoms with Gasteiger partial charge in [0.2, 0.25) is 5.13 Å². The zero-order valence-corrected chi connectivity index (χ0v) is 9.84. The molecular weight excluding hydrogens is 202 g/mol. The van der Waals surface area contributed by atoms with Gasteiger partial charge in [-0.05, 0) is 19.6 Å². The third-order valence-electron chi connectivity index (χ3n) is 1.47. The lowest BCUT2D eigenvalue weighted by molar-refractivity contribution is 0.898. The normalized spacial score (nSPS) is 12.8. The van der Waals surface area contributed by atoms with Crippen LogP contribution in [0.5, 0.6) is 0 Å². The van der Waals surface area contributed by atoms with E-state index in [1.807, 2.05) is 18.7 Å². The summed E-state index contributed by atoms with van der Waals surface area (Å²) in [5, 5.41) is 13.2. The highest BCUT2D eigenvalue weighted by atomic mass is 32.2. The molecule has 0 aromatic carbocycles. The lowest BCUT2D eigenvalue weighted by Gasteiger charge is -2.10. The molecule has 0 saturated heterocycles. The lowest BCUT2D eigenvalue weighted by atomic mass is 10.4. The van der Waals surface area contributed by atoms with E-state index in [0.717, 1.165) is 15.9 Å². The number of anilines is 1. The molecule has 3 nitrogen and oxygen atoms in total. The summed E-state index contributed by atoms with van der Waals surface area (Å²) in [4.78, 5) is 0. The summed E-state index contributed by atoms with van der Waals surface area (Å²) in [6, 6.07) is 0.470. The molecule has 13 heavy (non-hydrogen) atoms. The van der Waals surface area contributed by atoms with Gasteiger partial charge in [-0.3, -0.25) is 0 Å². The smallest absolute Gasteiger partial charge is 0.205 e. The fourth-order valence-electron chi connectivity index (χ4n) is 0.902. The van der Waals surface area contributed by atoms with Crippen molar-refractivity contribution in [3.8, 4) is 0 Å². The molecule has 0 aliphatic rings. The van der Waals surface area contributed by atoms with Crippen molar-refractivity contribution in [1.29, 1.82) is 0 Å². The Morgan fingerprint density at radius 2 is 2.31 bits per heavy atom. The first kappa shape index (κ1) is 10.8. The number of rotatable bonds is 5. The number of nitrogens with zero attached hydrogens (tertiary/aromatic N) is 2. The second kappa shape index (κ2) is 5.44. The fraction of sp³-hybridized carbons (Fsp3) is 0.750. The second-order valence-corrected chi connectivity index (χ2v) is 5.33. The quantitative estimate of drug-likeness (QED) is 0.822. The first-order valence-electron chi connectivity index (χ1n) is 4.36. The van der Waals surface area contributed by atoms with Crippen LogP contribution in [0.2, 0.25) is 0 Å². The molecule has 1 atom stereocenters. The molecule has 0 saturated carbocycles. The van der Waals surface area contributed by atoms with Gasteiger partial charge in [0, 0.05) is 11.8 Å². The van der Waals surface area contributed by atoms with Crippen molar-refractivity contribution in [2.24, 2.45) is 0 Å². The number of hydrogen-bond donors (Lipinski definition) is 1. The van der Waals surface area contributed by atoms with Crippen LogP contribution in [0, 0.1) is 6.92 Å². The summed E-state index contributed by atoms with van der Waals surface area (Å²) in [5.41, 5.74) is 0. The van der Waals surface area contributed by atoms with Crippen LogP contribution in [0.1, 0.15) is 18.9 Å². The van der Waals surface area contributed by atoms with Crippen LogP contribution >= 0.6 is 23.1 Å². The Hall–Kier alpha value is -0.290. The molecule has 0 bridgehead atoms. The molecule has 1 heterocycles. The van der Waals surface area contributed by atoms with Crippen LogP contribution in [0.3, 0.4) is 0 Å². The predicted molar refractivity (Wildman–Crippen MR) is 60.7 cm³/mol. The zero-order valence-electron chi connectivity index (χ0n) is 8.20. The Morgan fingerprint density at radius 1 is 1.54 bits per heavy atom. The molecule has 1 N–H and O–H groups in total. The van der Waals surface area contributed by atoms with Gasteiger partial charge < -0.3 is 5.32 Å². The van der Waals surface area contributed by atoms with Gasteiger partial charge in [-0.2, -0.15) is 11.8 Å². The molecule has 1 rings (SSSR count). The lowest BCUT2D eigenvalue weighted by Crippen LogP contribution is -2.17. The summed E-state index contributed by atoms with van der Waals surface area (Å²) in [6.07, 6.45) is 0. The van der Waals surface area contributed by atoms with Gasteiger partial charge in [0.05, 0.1) is 0 Å². The van der Waals surface area contributed by atoms with Gasteiger partial charge in [-0.1, -0.05) is 18.3 Å². The Bertz CT molecular complexity index is 249. The monoisotopic (exact) mass is 217 g/mol. The van der Waals surface area contributed by atoms with Gasteiger partial charge in [-0.25, -0.2) is 0 Å². The Labute approximate surface area is 87.3 Å². The van der Waals surface area contributed by atoms with Crippen LogP contribution in [-0.2, 0) is 0 Å². The minimum Gasteiger partial charge on any atom is -0.357 e. The number of hydrogen-bond acceptors (Lipinski definition) is 5. The van der Waals surface area contributed by atoms with Gasteiger partial charge in [0.1, 0.15) is 5.01 Å². The minimum atomic E-state index is 0.470. The minimum absolute atomic E-state index is 0.470. The first-order valence-corrected chi connectivity index (χ1v) is 6.34. The largest absolute Gasteiger partial charge is 0.357 e. The summed E-state index contributed by atoms with van der Waals surface area (Å²) in [6.45, 7) is 6.31. The van der Waals surface area contributed by atoms with Crippen molar-refractivity contribution in [2.45, 2.75) is 26.8 Å². The number of thioether (sulfide) groups is 1. The van der Waals surface area contributed by atoms with E-state index in [1.54, 1.807) is 11.3 Å². The average molecular weight is 217 g/mol. The third-order valence-corrected chi connectivity index (χ3v) is 3.38. The number of nitrogens with one attached hydrogen (secondary N) is 1. The first-order chi connectivity index (χ1) is 6.22. The van der Waals surface area contributed by atoms with Crippen LogP contribution < -0.4 is 5.32 Å². The van der Waals surface area contributed by atoms with Crippen molar-refractivity contribution in [3.63, 3.8) is 0 Å². The van der Waals surface area contributed by atoms with Crippen molar-refractivity contribution in [2.75, 3.05) is 16.8 Å². The van der Waals surface area contributed by atoms with E-state index in [4.69, 9.17) is 0 Å². The Balaban J connectivity index is 2.31. The van der Waals surface area contributed by atoms with Gasteiger partial charge in [0.25, 0.3) is 0 Å². The predicted octanol–water partition coefficient (Wildman–Crippen LogP) is 2.40. The molecule has 1 unspecified atom stereocenters.